The van der Waals surface area contributed by atoms with E-state index >= 15 is 0 Å². The third kappa shape index (κ3) is 3.11. The highest BCUT2D eigenvalue weighted by Gasteiger charge is 2.19. The Morgan fingerprint density at radius 1 is 1.15 bits per heavy atom. The summed E-state index contributed by atoms with van der Waals surface area (Å²) in [4.78, 5) is 23.4. The molecule has 26 heavy (non-hydrogen) atoms. The zero-order valence-corrected chi connectivity index (χ0v) is 14.5. The number of methoxy groups -OCH3 is 1. The first-order valence-electron chi connectivity index (χ1n) is 8.53. The van der Waals surface area contributed by atoms with Crippen LogP contribution in [0.5, 0.6) is 5.88 Å². The van der Waals surface area contributed by atoms with Crippen molar-refractivity contribution in [2.45, 2.75) is 0 Å². The van der Waals surface area contributed by atoms with Crippen molar-refractivity contribution in [3.05, 3.63) is 54.2 Å². The lowest BCUT2D eigenvalue weighted by Gasteiger charge is -2.26. The minimum absolute atomic E-state index is 0.0176. The summed E-state index contributed by atoms with van der Waals surface area (Å²) in [5.74, 6) is 0.499. The molecule has 0 unspecified atom stereocenters. The molecule has 0 bridgehead atoms. The van der Waals surface area contributed by atoms with Crippen LogP contribution in [0.3, 0.4) is 0 Å². The number of morpholine rings is 1. The molecule has 0 N–H and O–H groups in total. The number of aromatic nitrogens is 2. The molecule has 4 rings (SSSR count). The topological polar surface area (TPSA) is 64.5 Å². The molecule has 1 aliphatic rings. The Labute approximate surface area is 151 Å². The van der Waals surface area contributed by atoms with Crippen LogP contribution in [0.15, 0.2) is 48.7 Å². The molecule has 3 heterocycles. The first kappa shape index (κ1) is 16.5. The maximum Gasteiger partial charge on any atom is 0.255 e. The van der Waals surface area contributed by atoms with Crippen LogP contribution in [-0.4, -0.2) is 54.2 Å². The molecule has 0 radical (unpaired) electrons. The number of carbonyl (C=O) groups excluding carboxylic acids is 1. The normalized spacial score (nSPS) is 14.4. The quantitative estimate of drug-likeness (QED) is 0.727. The van der Waals surface area contributed by atoms with Gasteiger partial charge in [0.25, 0.3) is 5.91 Å². The maximum atomic E-state index is 12.5. The molecule has 1 aromatic carbocycles. The highest BCUT2D eigenvalue weighted by Crippen LogP contribution is 2.30. The average Bonchev–Trinajstić information content (AvgIpc) is 2.73. The molecule has 1 fully saturated rings. The lowest BCUT2D eigenvalue weighted by Crippen LogP contribution is -2.40. The van der Waals surface area contributed by atoms with Gasteiger partial charge in [0.2, 0.25) is 5.88 Å². The van der Waals surface area contributed by atoms with Crippen LogP contribution in [0.1, 0.15) is 10.4 Å². The smallest absolute Gasteiger partial charge is 0.255 e. The van der Waals surface area contributed by atoms with E-state index in [1.807, 2.05) is 36.4 Å². The van der Waals surface area contributed by atoms with Gasteiger partial charge in [-0.3, -0.25) is 9.78 Å². The summed E-state index contributed by atoms with van der Waals surface area (Å²) in [7, 11) is 1.59. The van der Waals surface area contributed by atoms with Gasteiger partial charge in [-0.05, 0) is 24.3 Å². The van der Waals surface area contributed by atoms with E-state index in [1.165, 1.54) is 0 Å². The molecule has 3 aromatic rings. The fraction of sp³-hybridized carbons (Fsp3) is 0.250. The van der Waals surface area contributed by atoms with Crippen LogP contribution in [0.2, 0.25) is 0 Å². The Hall–Kier alpha value is -2.99. The molecule has 1 aliphatic heterocycles. The van der Waals surface area contributed by atoms with E-state index in [4.69, 9.17) is 9.47 Å². The van der Waals surface area contributed by atoms with Gasteiger partial charge in [0.05, 0.1) is 42.7 Å². The Morgan fingerprint density at radius 3 is 2.69 bits per heavy atom. The number of fused-ring (bicyclic) bond motifs is 1. The van der Waals surface area contributed by atoms with Crippen molar-refractivity contribution in [2.24, 2.45) is 0 Å². The number of ether oxygens (including phenoxy) is 2. The molecule has 0 saturated carbocycles. The number of benzene rings is 1. The van der Waals surface area contributed by atoms with Crippen LogP contribution in [0, 0.1) is 0 Å². The SMILES string of the molecule is COc1nc2ccccc2cc1-c1ccc(C(=O)N2CCOCC2)cn1. The van der Waals surface area contributed by atoms with Crippen LogP contribution >= 0.6 is 0 Å². The predicted octanol–water partition coefficient (Wildman–Crippen LogP) is 2.78. The van der Waals surface area contributed by atoms with E-state index in [2.05, 4.69) is 9.97 Å². The summed E-state index contributed by atoms with van der Waals surface area (Å²) in [5.41, 5.74) is 2.96. The minimum Gasteiger partial charge on any atom is -0.480 e. The Morgan fingerprint density at radius 2 is 1.96 bits per heavy atom. The van der Waals surface area contributed by atoms with E-state index < -0.39 is 0 Å². The number of carbonyl (C=O) groups is 1. The van der Waals surface area contributed by atoms with Gasteiger partial charge in [0.1, 0.15) is 0 Å². The molecule has 1 saturated heterocycles. The van der Waals surface area contributed by atoms with E-state index in [0.29, 0.717) is 37.7 Å². The monoisotopic (exact) mass is 349 g/mol. The van der Waals surface area contributed by atoms with Gasteiger partial charge < -0.3 is 14.4 Å². The van der Waals surface area contributed by atoms with Gasteiger partial charge >= 0.3 is 0 Å². The Balaban J connectivity index is 1.66. The molecule has 1 amide bonds. The standard InChI is InChI=1S/C20H19N3O3/c1-25-19-16(12-14-4-2-3-5-17(14)22-19)18-7-6-15(13-21-18)20(24)23-8-10-26-11-9-23/h2-7,12-13H,8-11H2,1H3. The number of rotatable bonds is 3. The second-order valence-electron chi connectivity index (χ2n) is 6.07. The Kier molecular flexibility index (Phi) is 4.50. The van der Waals surface area contributed by atoms with Crippen LogP contribution in [-0.2, 0) is 4.74 Å². The maximum absolute atomic E-state index is 12.5. The molecule has 0 spiro atoms. The van der Waals surface area contributed by atoms with Crippen molar-refractivity contribution in [3.8, 4) is 17.1 Å². The molecule has 0 atom stereocenters. The highest BCUT2D eigenvalue weighted by molar-refractivity contribution is 5.94. The molecule has 0 aliphatic carbocycles. The summed E-state index contributed by atoms with van der Waals surface area (Å²) >= 11 is 0. The number of amides is 1. The third-order valence-corrected chi connectivity index (χ3v) is 4.47. The van der Waals surface area contributed by atoms with Gasteiger partial charge in [-0.2, -0.15) is 0 Å². The van der Waals surface area contributed by atoms with Crippen molar-refractivity contribution in [1.29, 1.82) is 0 Å². The van der Waals surface area contributed by atoms with Crippen LogP contribution < -0.4 is 4.74 Å². The first-order chi connectivity index (χ1) is 12.8. The van der Waals surface area contributed by atoms with E-state index in [-0.39, 0.29) is 5.91 Å². The van der Waals surface area contributed by atoms with Gasteiger partial charge in [-0.15, -0.1) is 0 Å². The van der Waals surface area contributed by atoms with Gasteiger partial charge in [-0.25, -0.2) is 4.98 Å². The second kappa shape index (κ2) is 7.09. The fourth-order valence-electron chi connectivity index (χ4n) is 3.07. The van der Waals surface area contributed by atoms with Crippen molar-refractivity contribution < 1.29 is 14.3 Å². The third-order valence-electron chi connectivity index (χ3n) is 4.47. The van der Waals surface area contributed by atoms with Gasteiger partial charge in [0, 0.05) is 24.7 Å². The van der Waals surface area contributed by atoms with Crippen LogP contribution in [0.25, 0.3) is 22.2 Å². The van der Waals surface area contributed by atoms with E-state index in [9.17, 15) is 4.79 Å². The van der Waals surface area contributed by atoms with Crippen LogP contribution in [0.4, 0.5) is 0 Å². The molecule has 132 valence electrons. The number of hydrogen-bond acceptors (Lipinski definition) is 5. The number of nitrogens with zero attached hydrogens (tertiary/aromatic N) is 3. The molecule has 2 aromatic heterocycles. The summed E-state index contributed by atoms with van der Waals surface area (Å²) in [5, 5.41) is 1.01. The second-order valence-corrected chi connectivity index (χ2v) is 6.07. The summed E-state index contributed by atoms with van der Waals surface area (Å²) in [6.07, 6.45) is 1.61. The van der Waals surface area contributed by atoms with Crippen molar-refractivity contribution in [1.82, 2.24) is 14.9 Å². The fourth-order valence-corrected chi connectivity index (χ4v) is 3.07. The zero-order valence-electron chi connectivity index (χ0n) is 14.5. The molecular formula is C20H19N3O3. The average molecular weight is 349 g/mol. The zero-order chi connectivity index (χ0) is 17.9. The summed E-state index contributed by atoms with van der Waals surface area (Å²) in [6, 6.07) is 13.5. The minimum atomic E-state index is -0.0176. The predicted molar refractivity (Wildman–Crippen MR) is 98.2 cm³/mol. The lowest BCUT2D eigenvalue weighted by molar-refractivity contribution is 0.0302. The van der Waals surface area contributed by atoms with Crippen molar-refractivity contribution in [3.63, 3.8) is 0 Å². The number of hydrogen-bond donors (Lipinski definition) is 0. The van der Waals surface area contributed by atoms with Crippen molar-refractivity contribution in [2.75, 3.05) is 33.4 Å². The van der Waals surface area contributed by atoms with E-state index in [1.54, 1.807) is 24.3 Å². The lowest BCUT2D eigenvalue weighted by atomic mass is 10.1. The highest BCUT2D eigenvalue weighted by atomic mass is 16.5. The van der Waals surface area contributed by atoms with Gasteiger partial charge in [0.15, 0.2) is 0 Å². The first-order valence-corrected chi connectivity index (χ1v) is 8.53. The Bertz CT molecular complexity index is 935. The van der Waals surface area contributed by atoms with E-state index in [0.717, 1.165) is 22.2 Å². The number of para-hydroxylation sites is 1. The summed E-state index contributed by atoms with van der Waals surface area (Å²) in [6.45, 7) is 2.39. The van der Waals surface area contributed by atoms with Crippen molar-refractivity contribution >= 4 is 16.8 Å². The molecular weight excluding hydrogens is 330 g/mol. The molecule has 6 nitrogen and oxygen atoms in total. The number of pyridine rings is 2. The molecule has 6 heteroatoms. The van der Waals surface area contributed by atoms with Gasteiger partial charge in [-0.1, -0.05) is 18.2 Å². The largest absolute Gasteiger partial charge is 0.480 e. The summed E-state index contributed by atoms with van der Waals surface area (Å²) < 4.78 is 10.7.